The molecule has 0 amide bonds. The summed E-state index contributed by atoms with van der Waals surface area (Å²) in [6, 6.07) is 0. The van der Waals surface area contributed by atoms with E-state index in [1.807, 2.05) is 6.55 Å². The van der Waals surface area contributed by atoms with Crippen LogP contribution in [0.3, 0.4) is 0 Å². The summed E-state index contributed by atoms with van der Waals surface area (Å²) < 4.78 is 31.9. The molecule has 18 heavy (non-hydrogen) atoms. The van der Waals surface area contributed by atoms with E-state index in [4.69, 9.17) is 27.8 Å². The molecule has 110 valence electrons. The highest BCUT2D eigenvalue weighted by Crippen LogP contribution is 2.08. The van der Waals surface area contributed by atoms with E-state index in [1.54, 1.807) is 21.3 Å². The van der Waals surface area contributed by atoms with Gasteiger partial charge in [-0.25, -0.2) is 0 Å². The van der Waals surface area contributed by atoms with Gasteiger partial charge in [0, 0.05) is 21.3 Å². The summed E-state index contributed by atoms with van der Waals surface area (Å²) >= 11 is 0. The molecule has 0 heterocycles. The lowest BCUT2D eigenvalue weighted by Crippen LogP contribution is -2.46. The highest BCUT2D eigenvalue weighted by Gasteiger charge is 2.32. The van der Waals surface area contributed by atoms with Crippen molar-refractivity contribution >= 4 is 8.56 Å². The molecule has 0 bridgehead atoms. The Bertz CT molecular complexity index is 171. The van der Waals surface area contributed by atoms with Crippen molar-refractivity contribution in [1.82, 2.24) is 0 Å². The van der Waals surface area contributed by atoms with Crippen molar-refractivity contribution in [2.75, 3.05) is 67.2 Å². The maximum Gasteiger partial charge on any atom is 0.361 e. The third kappa shape index (κ3) is 9.95. The van der Waals surface area contributed by atoms with Gasteiger partial charge < -0.3 is 27.8 Å². The molecule has 0 aliphatic carbocycles. The monoisotopic (exact) mass is 282 g/mol. The Balaban J connectivity index is 3.95. The van der Waals surface area contributed by atoms with E-state index in [1.165, 1.54) is 0 Å². The van der Waals surface area contributed by atoms with Crippen molar-refractivity contribution in [3.8, 4) is 0 Å². The average molecular weight is 282 g/mol. The lowest BCUT2D eigenvalue weighted by Gasteiger charge is -2.26. The van der Waals surface area contributed by atoms with E-state index in [0.29, 0.717) is 45.9 Å². The van der Waals surface area contributed by atoms with Crippen molar-refractivity contribution in [3.63, 3.8) is 0 Å². The highest BCUT2D eigenvalue weighted by molar-refractivity contribution is 6.65. The predicted molar refractivity (Wildman–Crippen MR) is 70.0 cm³/mol. The Morgan fingerprint density at radius 2 is 1.11 bits per heavy atom. The van der Waals surface area contributed by atoms with Crippen LogP contribution in [0.2, 0.25) is 6.55 Å². The van der Waals surface area contributed by atoms with E-state index >= 15 is 0 Å². The van der Waals surface area contributed by atoms with Crippen LogP contribution in [-0.2, 0) is 27.8 Å². The molecule has 0 rings (SSSR count). The standard InChI is InChI=1S/C11H26O6Si/c1-12-5-8-15-11-18(4,16-9-6-13-2)17-10-7-14-3/h5-11H2,1-4H3. The zero-order chi connectivity index (χ0) is 13.7. The Labute approximate surface area is 111 Å². The Morgan fingerprint density at radius 1 is 0.667 bits per heavy atom. The fourth-order valence-corrected chi connectivity index (χ4v) is 3.00. The van der Waals surface area contributed by atoms with E-state index in [9.17, 15) is 0 Å². The van der Waals surface area contributed by atoms with Crippen molar-refractivity contribution in [1.29, 1.82) is 0 Å². The summed E-state index contributed by atoms with van der Waals surface area (Å²) in [6.45, 7) is 5.22. The van der Waals surface area contributed by atoms with Crippen molar-refractivity contribution in [3.05, 3.63) is 0 Å². The zero-order valence-electron chi connectivity index (χ0n) is 11.9. The van der Waals surface area contributed by atoms with E-state index in [-0.39, 0.29) is 0 Å². The van der Waals surface area contributed by atoms with Crippen molar-refractivity contribution < 1.29 is 27.8 Å². The molecule has 0 aliphatic rings. The number of hydrogen-bond acceptors (Lipinski definition) is 6. The second kappa shape index (κ2) is 12.0. The predicted octanol–water partition coefficient (Wildman–Crippen LogP) is 0.587. The SMILES string of the molecule is COCCOC[Si](C)(OCCOC)OCCOC. The second-order valence-electron chi connectivity index (χ2n) is 3.86. The number of methoxy groups -OCH3 is 3. The fraction of sp³-hybridized carbons (Fsp3) is 1.00. The summed E-state index contributed by atoms with van der Waals surface area (Å²) in [7, 11) is 2.62. The molecule has 0 atom stereocenters. The number of ether oxygens (including phenoxy) is 4. The van der Waals surface area contributed by atoms with Gasteiger partial charge in [0.25, 0.3) is 0 Å². The van der Waals surface area contributed by atoms with Crippen LogP contribution >= 0.6 is 0 Å². The molecule has 0 unspecified atom stereocenters. The molecule has 0 aliphatic heterocycles. The van der Waals surface area contributed by atoms with Gasteiger partial charge in [-0.15, -0.1) is 0 Å². The minimum Gasteiger partial charge on any atom is -0.391 e. The second-order valence-corrected chi connectivity index (χ2v) is 7.00. The molecule has 0 N–H and O–H groups in total. The summed E-state index contributed by atoms with van der Waals surface area (Å²) in [5, 5.41) is 0. The Kier molecular flexibility index (Phi) is 12.0. The molecule has 7 heteroatoms. The first kappa shape index (κ1) is 18.0. The first-order chi connectivity index (χ1) is 8.68. The molecule has 0 aromatic rings. The molecular formula is C11H26O6Si. The van der Waals surface area contributed by atoms with Crippen LogP contribution in [0.4, 0.5) is 0 Å². The maximum absolute atomic E-state index is 5.77. The van der Waals surface area contributed by atoms with Gasteiger partial charge in [0.1, 0.15) is 0 Å². The highest BCUT2D eigenvalue weighted by atomic mass is 28.4. The van der Waals surface area contributed by atoms with Crippen LogP contribution in [0, 0.1) is 0 Å². The van der Waals surface area contributed by atoms with Crippen LogP contribution in [0.5, 0.6) is 0 Å². The van der Waals surface area contributed by atoms with Crippen LogP contribution in [-0.4, -0.2) is 75.8 Å². The Morgan fingerprint density at radius 3 is 1.56 bits per heavy atom. The van der Waals surface area contributed by atoms with Crippen LogP contribution in [0.15, 0.2) is 0 Å². The molecule has 0 spiro atoms. The average Bonchev–Trinajstić information content (AvgIpc) is 2.36. The van der Waals surface area contributed by atoms with Crippen LogP contribution in [0.1, 0.15) is 0 Å². The van der Waals surface area contributed by atoms with E-state index < -0.39 is 8.56 Å². The van der Waals surface area contributed by atoms with Crippen LogP contribution in [0.25, 0.3) is 0 Å². The molecular weight excluding hydrogens is 256 g/mol. The van der Waals surface area contributed by atoms with Crippen LogP contribution < -0.4 is 0 Å². The smallest absolute Gasteiger partial charge is 0.361 e. The van der Waals surface area contributed by atoms with Crippen molar-refractivity contribution in [2.45, 2.75) is 6.55 Å². The quantitative estimate of drug-likeness (QED) is 0.364. The molecule has 0 saturated heterocycles. The topological polar surface area (TPSA) is 55.4 Å². The normalized spacial score (nSPS) is 12.0. The van der Waals surface area contributed by atoms with Gasteiger partial charge in [0.2, 0.25) is 0 Å². The minimum atomic E-state index is -2.31. The van der Waals surface area contributed by atoms with Gasteiger partial charge in [-0.3, -0.25) is 0 Å². The summed E-state index contributed by atoms with van der Waals surface area (Å²) in [6.07, 6.45) is 0.476. The van der Waals surface area contributed by atoms with Gasteiger partial charge >= 0.3 is 8.56 Å². The summed E-state index contributed by atoms with van der Waals surface area (Å²) in [5.74, 6) is 0. The van der Waals surface area contributed by atoms with E-state index in [2.05, 4.69) is 0 Å². The molecule has 0 fully saturated rings. The minimum absolute atomic E-state index is 0.476. The third-order valence-electron chi connectivity index (χ3n) is 2.19. The first-order valence-corrected chi connectivity index (χ1v) is 8.53. The van der Waals surface area contributed by atoms with Crippen molar-refractivity contribution in [2.24, 2.45) is 0 Å². The van der Waals surface area contributed by atoms with Gasteiger partial charge in [0.05, 0.1) is 45.9 Å². The molecule has 0 radical (unpaired) electrons. The summed E-state index contributed by atoms with van der Waals surface area (Å²) in [5.41, 5.74) is 0. The van der Waals surface area contributed by atoms with Gasteiger partial charge in [0.15, 0.2) is 0 Å². The summed E-state index contributed by atoms with van der Waals surface area (Å²) in [4.78, 5) is 0. The largest absolute Gasteiger partial charge is 0.391 e. The van der Waals surface area contributed by atoms with Gasteiger partial charge in [-0.1, -0.05) is 0 Å². The number of rotatable bonds is 13. The third-order valence-corrected chi connectivity index (χ3v) is 4.54. The van der Waals surface area contributed by atoms with Gasteiger partial charge in [-0.05, 0) is 6.55 Å². The Hall–Kier alpha value is -0.0231. The van der Waals surface area contributed by atoms with E-state index in [0.717, 1.165) is 0 Å². The van der Waals surface area contributed by atoms with Gasteiger partial charge in [-0.2, -0.15) is 0 Å². The molecule has 6 nitrogen and oxygen atoms in total. The fourth-order valence-electron chi connectivity index (χ4n) is 1.21. The molecule has 0 aromatic carbocycles. The first-order valence-electron chi connectivity index (χ1n) is 6.01. The zero-order valence-corrected chi connectivity index (χ0v) is 12.9. The lowest BCUT2D eigenvalue weighted by atomic mass is 10.8. The number of hydrogen-bond donors (Lipinski definition) is 0. The lowest BCUT2D eigenvalue weighted by molar-refractivity contribution is 0.0479. The molecule has 0 aromatic heterocycles. The molecule has 0 saturated carbocycles. The maximum atomic E-state index is 5.77.